The minimum atomic E-state index is -0.352. The molecule has 1 aromatic carbocycles. The Kier molecular flexibility index (Phi) is 3.04. The van der Waals surface area contributed by atoms with Crippen LogP contribution in [-0.4, -0.2) is 19.6 Å². The molecule has 23 heavy (non-hydrogen) atoms. The Hall–Kier alpha value is -2.25. The van der Waals surface area contributed by atoms with Crippen molar-refractivity contribution in [3.63, 3.8) is 0 Å². The van der Waals surface area contributed by atoms with Crippen molar-refractivity contribution in [3.8, 4) is 5.69 Å². The fraction of sp³-hybridized carbons (Fsp3) is 0.312. The molecular weight excluding hydrogens is 314 g/mol. The second kappa shape index (κ2) is 4.87. The second-order valence-corrected chi connectivity index (χ2v) is 6.62. The smallest absolute Gasteiger partial charge is 0.335 e. The molecule has 0 saturated carbocycles. The number of nitrogens with zero attached hydrogens (tertiary/aromatic N) is 3. The summed E-state index contributed by atoms with van der Waals surface area (Å²) in [6, 6.07) is 6.98. The first-order valence-corrected chi connectivity index (χ1v) is 8.09. The molecule has 3 heterocycles. The van der Waals surface area contributed by atoms with Crippen LogP contribution in [0.4, 0.5) is 0 Å². The lowest BCUT2D eigenvalue weighted by atomic mass is 10.1. The van der Waals surface area contributed by atoms with Gasteiger partial charge in [0.15, 0.2) is 0 Å². The average Bonchev–Trinajstić information content (AvgIpc) is 3.09. The number of benzene rings is 1. The van der Waals surface area contributed by atoms with Crippen LogP contribution in [0.2, 0.25) is 0 Å². The van der Waals surface area contributed by atoms with Gasteiger partial charge in [0.1, 0.15) is 6.10 Å². The van der Waals surface area contributed by atoms with E-state index in [4.69, 9.17) is 4.74 Å². The molecule has 2 aromatic heterocycles. The molecule has 7 heteroatoms. The largest absolute Gasteiger partial charge is 0.363 e. The normalized spacial score (nSPS) is 20.1. The van der Waals surface area contributed by atoms with Crippen LogP contribution in [0.15, 0.2) is 33.9 Å². The van der Waals surface area contributed by atoms with Crippen molar-refractivity contribution in [2.24, 2.45) is 7.05 Å². The zero-order valence-electron chi connectivity index (χ0n) is 12.9. The van der Waals surface area contributed by atoms with Gasteiger partial charge in [0.05, 0.1) is 22.2 Å². The van der Waals surface area contributed by atoms with Gasteiger partial charge < -0.3 is 9.30 Å². The first kappa shape index (κ1) is 14.3. The van der Waals surface area contributed by atoms with Gasteiger partial charge in [-0.05, 0) is 43.6 Å². The Bertz CT molecular complexity index is 1050. The summed E-state index contributed by atoms with van der Waals surface area (Å²) in [6.45, 7) is 3.74. The van der Waals surface area contributed by atoms with Crippen LogP contribution < -0.4 is 11.2 Å². The van der Waals surface area contributed by atoms with Crippen LogP contribution in [0.1, 0.15) is 24.4 Å². The van der Waals surface area contributed by atoms with Gasteiger partial charge in [-0.2, -0.15) is 4.37 Å². The van der Waals surface area contributed by atoms with Gasteiger partial charge in [-0.1, -0.05) is 0 Å². The van der Waals surface area contributed by atoms with Crippen LogP contribution in [0.5, 0.6) is 0 Å². The summed E-state index contributed by atoms with van der Waals surface area (Å²) in [5.41, 5.74) is 1.39. The number of ether oxygens (including phenoxy) is 1. The fourth-order valence-corrected chi connectivity index (χ4v) is 3.52. The summed E-state index contributed by atoms with van der Waals surface area (Å²) < 4.78 is 13.6. The van der Waals surface area contributed by atoms with E-state index < -0.39 is 0 Å². The quantitative estimate of drug-likeness (QED) is 0.674. The zero-order valence-corrected chi connectivity index (χ0v) is 13.8. The van der Waals surface area contributed by atoms with E-state index in [1.165, 1.54) is 26.7 Å². The summed E-state index contributed by atoms with van der Waals surface area (Å²) in [4.78, 5) is 24.7. The van der Waals surface area contributed by atoms with Crippen LogP contribution in [0.25, 0.3) is 15.8 Å². The molecule has 0 radical (unpaired) electrons. The van der Waals surface area contributed by atoms with Crippen molar-refractivity contribution in [1.82, 2.24) is 13.5 Å². The molecule has 0 spiro atoms. The molecule has 1 fully saturated rings. The van der Waals surface area contributed by atoms with Gasteiger partial charge >= 0.3 is 5.69 Å². The van der Waals surface area contributed by atoms with E-state index in [9.17, 15) is 9.59 Å². The van der Waals surface area contributed by atoms with Crippen molar-refractivity contribution in [2.45, 2.75) is 26.1 Å². The van der Waals surface area contributed by atoms with Gasteiger partial charge in [-0.15, -0.1) is 0 Å². The van der Waals surface area contributed by atoms with E-state index in [1.54, 1.807) is 20.0 Å². The Morgan fingerprint density at radius 3 is 2.70 bits per heavy atom. The molecular formula is C16H15N3O3S. The molecule has 6 nitrogen and oxygen atoms in total. The molecule has 2 atom stereocenters. The Labute approximate surface area is 135 Å². The standard InChI is InChI=1S/C16H15N3O3S/c1-8-6-13(20)19(16(21)18(8)3)10-4-5-12-11(7-10)14(17-23-12)15-9(2)22-15/h4-7,9,15H,1-3H3/t9-,15+/m1/s1. The molecule has 1 aliphatic heterocycles. The lowest BCUT2D eigenvalue weighted by Crippen LogP contribution is -2.38. The lowest BCUT2D eigenvalue weighted by molar-refractivity contribution is 0.382. The van der Waals surface area contributed by atoms with Gasteiger partial charge in [-0.25, -0.2) is 9.36 Å². The van der Waals surface area contributed by atoms with E-state index >= 15 is 0 Å². The van der Waals surface area contributed by atoms with E-state index in [2.05, 4.69) is 4.37 Å². The zero-order chi connectivity index (χ0) is 16.3. The van der Waals surface area contributed by atoms with Crippen molar-refractivity contribution >= 4 is 21.6 Å². The maximum atomic E-state index is 12.5. The van der Waals surface area contributed by atoms with E-state index in [0.717, 1.165) is 15.8 Å². The third-order valence-electron chi connectivity index (χ3n) is 4.28. The van der Waals surface area contributed by atoms with Gasteiger partial charge in [0, 0.05) is 24.2 Å². The van der Waals surface area contributed by atoms with Crippen molar-refractivity contribution in [3.05, 3.63) is 56.5 Å². The first-order chi connectivity index (χ1) is 11.0. The molecule has 0 unspecified atom stereocenters. The average molecular weight is 329 g/mol. The highest BCUT2D eigenvalue weighted by Gasteiger charge is 2.39. The third kappa shape index (κ3) is 2.15. The van der Waals surface area contributed by atoms with Crippen LogP contribution >= 0.6 is 11.5 Å². The molecule has 118 valence electrons. The second-order valence-electron chi connectivity index (χ2n) is 5.81. The number of fused-ring (bicyclic) bond motifs is 1. The van der Waals surface area contributed by atoms with Gasteiger partial charge in [-0.3, -0.25) is 4.79 Å². The van der Waals surface area contributed by atoms with E-state index in [1.807, 2.05) is 19.1 Å². The van der Waals surface area contributed by atoms with Crippen LogP contribution in [0, 0.1) is 6.92 Å². The first-order valence-electron chi connectivity index (χ1n) is 7.32. The number of rotatable bonds is 2. The predicted octanol–water partition coefficient (Wildman–Crippen LogP) is 1.91. The minimum absolute atomic E-state index is 0.0107. The minimum Gasteiger partial charge on any atom is -0.363 e. The van der Waals surface area contributed by atoms with Gasteiger partial charge in [0.25, 0.3) is 5.56 Å². The summed E-state index contributed by atoms with van der Waals surface area (Å²) >= 11 is 1.40. The molecule has 0 aliphatic carbocycles. The third-order valence-corrected chi connectivity index (χ3v) is 5.12. The molecule has 0 N–H and O–H groups in total. The maximum Gasteiger partial charge on any atom is 0.335 e. The summed E-state index contributed by atoms with van der Waals surface area (Å²) in [6.07, 6.45) is 0.176. The van der Waals surface area contributed by atoms with Gasteiger partial charge in [0.2, 0.25) is 0 Å². The van der Waals surface area contributed by atoms with E-state index in [0.29, 0.717) is 11.4 Å². The predicted molar refractivity (Wildman–Crippen MR) is 88.5 cm³/mol. The molecule has 0 bridgehead atoms. The molecule has 1 aliphatic rings. The highest BCUT2D eigenvalue weighted by atomic mass is 32.1. The topological polar surface area (TPSA) is 69.4 Å². The van der Waals surface area contributed by atoms with E-state index in [-0.39, 0.29) is 23.5 Å². The maximum absolute atomic E-state index is 12.5. The highest BCUT2D eigenvalue weighted by molar-refractivity contribution is 7.13. The Balaban J connectivity index is 1.95. The monoisotopic (exact) mass is 329 g/mol. The molecule has 0 amide bonds. The van der Waals surface area contributed by atoms with Crippen molar-refractivity contribution < 1.29 is 4.74 Å². The van der Waals surface area contributed by atoms with Crippen LogP contribution in [0.3, 0.4) is 0 Å². The lowest BCUT2D eigenvalue weighted by Gasteiger charge is -2.09. The summed E-state index contributed by atoms with van der Waals surface area (Å²) in [7, 11) is 1.66. The summed E-state index contributed by atoms with van der Waals surface area (Å²) in [5, 5.41) is 0.941. The van der Waals surface area contributed by atoms with Crippen molar-refractivity contribution in [2.75, 3.05) is 0 Å². The highest BCUT2D eigenvalue weighted by Crippen LogP contribution is 2.42. The number of aryl methyl sites for hydroxylation is 1. The van der Waals surface area contributed by atoms with Crippen molar-refractivity contribution in [1.29, 1.82) is 0 Å². The summed E-state index contributed by atoms with van der Waals surface area (Å²) in [5.74, 6) is 0. The fourth-order valence-electron chi connectivity index (χ4n) is 2.74. The Morgan fingerprint density at radius 2 is 2.00 bits per heavy atom. The number of aromatic nitrogens is 3. The number of epoxide rings is 1. The molecule has 1 saturated heterocycles. The number of hydrogen-bond acceptors (Lipinski definition) is 5. The molecule has 4 rings (SSSR count). The Morgan fingerprint density at radius 1 is 1.26 bits per heavy atom. The SMILES string of the molecule is Cc1cc(=O)n(-c2ccc3snc([C@H]4O[C@@H]4C)c3c2)c(=O)n1C. The van der Waals surface area contributed by atoms with Crippen LogP contribution in [-0.2, 0) is 11.8 Å². The number of hydrogen-bond donors (Lipinski definition) is 0. The molecule has 3 aromatic rings.